The Bertz CT molecular complexity index is 690. The van der Waals surface area contributed by atoms with Gasteiger partial charge in [-0.15, -0.1) is 13.2 Å². The molecular weight excluding hydrogens is 351 g/mol. The molecular formula is C18H21F3NO4-. The van der Waals surface area contributed by atoms with Gasteiger partial charge < -0.3 is 24.6 Å². The van der Waals surface area contributed by atoms with E-state index in [1.807, 2.05) is 20.8 Å². The van der Waals surface area contributed by atoms with E-state index in [1.54, 1.807) is 0 Å². The minimum atomic E-state index is -4.77. The van der Waals surface area contributed by atoms with Crippen molar-refractivity contribution in [2.45, 2.75) is 39.6 Å². The van der Waals surface area contributed by atoms with Crippen molar-refractivity contribution >= 4 is 11.7 Å². The molecule has 1 aromatic rings. The standard InChI is InChI=1S/C18H22F3NO4/c1-17(2,3)15-8-14(12(10-23)9-22(15)16(24)25)11-4-6-13(7-5-11)26-18(19,20)21/h4-7,15,23H,8-10H2,1-3H3,(H,24,25)/p-1. The van der Waals surface area contributed by atoms with E-state index in [0.29, 0.717) is 17.6 Å². The number of aliphatic hydroxyl groups is 1. The van der Waals surface area contributed by atoms with Crippen LogP contribution in [0, 0.1) is 5.41 Å². The number of aliphatic hydroxyl groups excluding tert-OH is 1. The van der Waals surface area contributed by atoms with Crippen LogP contribution >= 0.6 is 0 Å². The zero-order chi connectivity index (χ0) is 19.7. The third kappa shape index (κ3) is 4.69. The number of nitrogens with zero attached hydrogens (tertiary/aromatic N) is 1. The van der Waals surface area contributed by atoms with Gasteiger partial charge in [0.05, 0.1) is 6.61 Å². The van der Waals surface area contributed by atoms with Gasteiger partial charge in [-0.25, -0.2) is 0 Å². The summed E-state index contributed by atoms with van der Waals surface area (Å²) in [7, 11) is 0. The third-order valence-corrected chi connectivity index (χ3v) is 4.42. The number of carbonyl (C=O) groups excluding carboxylic acids is 1. The summed E-state index contributed by atoms with van der Waals surface area (Å²) in [6.45, 7) is 5.34. The second-order valence-corrected chi connectivity index (χ2v) is 7.29. The first-order valence-corrected chi connectivity index (χ1v) is 8.08. The lowest BCUT2D eigenvalue weighted by Crippen LogP contribution is -2.55. The maximum absolute atomic E-state index is 12.3. The zero-order valence-electron chi connectivity index (χ0n) is 14.8. The highest BCUT2D eigenvalue weighted by Gasteiger charge is 2.36. The smallest absolute Gasteiger partial charge is 0.530 e. The largest absolute Gasteiger partial charge is 0.573 e. The van der Waals surface area contributed by atoms with Crippen molar-refractivity contribution in [2.24, 2.45) is 5.41 Å². The molecule has 0 aromatic heterocycles. The third-order valence-electron chi connectivity index (χ3n) is 4.42. The van der Waals surface area contributed by atoms with Crippen LogP contribution in [0.1, 0.15) is 32.8 Å². The lowest BCUT2D eigenvalue weighted by molar-refractivity contribution is -0.274. The summed E-state index contributed by atoms with van der Waals surface area (Å²) < 4.78 is 40.7. The van der Waals surface area contributed by atoms with E-state index in [9.17, 15) is 28.2 Å². The van der Waals surface area contributed by atoms with Crippen molar-refractivity contribution in [1.82, 2.24) is 4.90 Å². The molecule has 0 fully saturated rings. The number of carboxylic acid groups (broad SMARTS) is 1. The fourth-order valence-electron chi connectivity index (χ4n) is 3.15. The van der Waals surface area contributed by atoms with Crippen LogP contribution in [0.5, 0.6) is 5.75 Å². The molecule has 0 spiro atoms. The van der Waals surface area contributed by atoms with Gasteiger partial charge in [-0.05, 0) is 40.7 Å². The highest BCUT2D eigenvalue weighted by atomic mass is 19.4. The van der Waals surface area contributed by atoms with E-state index in [2.05, 4.69) is 4.74 Å². The number of amides is 1. The van der Waals surface area contributed by atoms with Crippen molar-refractivity contribution in [1.29, 1.82) is 0 Å². The molecule has 1 aromatic carbocycles. The Labute approximate surface area is 149 Å². The van der Waals surface area contributed by atoms with Crippen molar-refractivity contribution in [2.75, 3.05) is 13.2 Å². The summed E-state index contributed by atoms with van der Waals surface area (Å²) in [6, 6.07) is 4.95. The fraction of sp³-hybridized carbons (Fsp3) is 0.500. The van der Waals surface area contributed by atoms with Gasteiger partial charge in [0.1, 0.15) is 11.8 Å². The molecule has 0 radical (unpaired) electrons. The minimum absolute atomic E-state index is 0.00307. The van der Waals surface area contributed by atoms with Gasteiger partial charge >= 0.3 is 6.36 Å². The number of hydrogen-bond donors (Lipinski definition) is 1. The van der Waals surface area contributed by atoms with Crippen LogP contribution in [0.15, 0.2) is 29.8 Å². The Kier molecular flexibility index (Phi) is 5.55. The van der Waals surface area contributed by atoms with Gasteiger partial charge in [-0.1, -0.05) is 32.9 Å². The number of alkyl halides is 3. The molecule has 26 heavy (non-hydrogen) atoms. The van der Waals surface area contributed by atoms with Crippen molar-refractivity contribution in [3.05, 3.63) is 35.4 Å². The highest BCUT2D eigenvalue weighted by Crippen LogP contribution is 2.38. The van der Waals surface area contributed by atoms with Gasteiger partial charge in [0.25, 0.3) is 0 Å². The maximum Gasteiger partial charge on any atom is 0.573 e. The van der Waals surface area contributed by atoms with E-state index in [1.165, 1.54) is 29.2 Å². The van der Waals surface area contributed by atoms with E-state index < -0.39 is 12.5 Å². The van der Waals surface area contributed by atoms with Crippen LogP contribution < -0.4 is 9.84 Å². The summed E-state index contributed by atoms with van der Waals surface area (Å²) in [5.41, 5.74) is 1.46. The maximum atomic E-state index is 12.3. The molecule has 1 aliphatic heterocycles. The van der Waals surface area contributed by atoms with Crippen LogP contribution in [-0.2, 0) is 0 Å². The van der Waals surface area contributed by atoms with Crippen LogP contribution in [0.2, 0.25) is 0 Å². The van der Waals surface area contributed by atoms with Gasteiger partial charge in [-0.3, -0.25) is 0 Å². The molecule has 0 bridgehead atoms. The summed E-state index contributed by atoms with van der Waals surface area (Å²) in [6.07, 6.45) is -5.76. The summed E-state index contributed by atoms with van der Waals surface area (Å²) >= 11 is 0. The van der Waals surface area contributed by atoms with Crippen molar-refractivity contribution in [3.63, 3.8) is 0 Å². The molecule has 1 N–H and O–H groups in total. The first-order valence-electron chi connectivity index (χ1n) is 8.08. The molecule has 1 heterocycles. The summed E-state index contributed by atoms with van der Waals surface area (Å²) in [5.74, 6) is -0.341. The lowest BCUT2D eigenvalue weighted by Gasteiger charge is -2.46. The molecule has 1 amide bonds. The first-order chi connectivity index (χ1) is 11.9. The number of hydrogen-bond acceptors (Lipinski definition) is 4. The first kappa shape index (κ1) is 20.1. The molecule has 0 aliphatic carbocycles. The molecule has 1 unspecified atom stereocenters. The monoisotopic (exact) mass is 372 g/mol. The second-order valence-electron chi connectivity index (χ2n) is 7.29. The Morgan fingerprint density at radius 1 is 1.27 bits per heavy atom. The minimum Gasteiger partial charge on any atom is -0.530 e. The second kappa shape index (κ2) is 7.19. The molecule has 144 valence electrons. The Morgan fingerprint density at radius 3 is 2.27 bits per heavy atom. The lowest BCUT2D eigenvalue weighted by atomic mass is 9.77. The quantitative estimate of drug-likeness (QED) is 0.886. The Balaban J connectivity index is 2.38. The SMILES string of the molecule is CC(C)(C)C1CC(c2ccc(OC(F)(F)F)cc2)=C(CO)CN1C(=O)[O-]. The summed E-state index contributed by atoms with van der Waals surface area (Å²) in [5, 5.41) is 21.1. The number of halogens is 3. The predicted molar refractivity (Wildman–Crippen MR) is 87.1 cm³/mol. The predicted octanol–water partition coefficient (Wildman–Crippen LogP) is 2.79. The molecule has 0 saturated carbocycles. The normalized spacial score (nSPS) is 18.9. The van der Waals surface area contributed by atoms with Crippen molar-refractivity contribution in [3.8, 4) is 5.75 Å². The molecule has 5 nitrogen and oxygen atoms in total. The average Bonchev–Trinajstić information content (AvgIpc) is 2.52. The van der Waals surface area contributed by atoms with Gasteiger partial charge in [0.2, 0.25) is 0 Å². The molecule has 1 atom stereocenters. The Hall–Kier alpha value is -2.22. The number of ether oxygens (including phenoxy) is 1. The fourth-order valence-corrected chi connectivity index (χ4v) is 3.15. The number of benzene rings is 1. The molecule has 8 heteroatoms. The zero-order valence-corrected chi connectivity index (χ0v) is 14.8. The molecule has 2 rings (SSSR count). The van der Waals surface area contributed by atoms with Gasteiger partial charge in [0, 0.05) is 12.6 Å². The average molecular weight is 372 g/mol. The van der Waals surface area contributed by atoms with Crippen LogP contribution in [0.4, 0.5) is 18.0 Å². The van der Waals surface area contributed by atoms with Gasteiger partial charge in [0.15, 0.2) is 0 Å². The van der Waals surface area contributed by atoms with E-state index in [0.717, 1.165) is 5.57 Å². The Morgan fingerprint density at radius 2 is 1.85 bits per heavy atom. The van der Waals surface area contributed by atoms with Crippen LogP contribution in [0.3, 0.4) is 0 Å². The number of carbonyl (C=O) groups is 1. The van der Waals surface area contributed by atoms with Crippen LogP contribution in [-0.4, -0.2) is 41.7 Å². The topological polar surface area (TPSA) is 72.8 Å². The van der Waals surface area contributed by atoms with E-state index in [4.69, 9.17) is 0 Å². The number of rotatable bonds is 3. The van der Waals surface area contributed by atoms with Crippen LogP contribution in [0.25, 0.3) is 5.57 Å². The highest BCUT2D eigenvalue weighted by molar-refractivity contribution is 5.74. The molecule has 1 aliphatic rings. The molecule has 0 saturated heterocycles. The van der Waals surface area contributed by atoms with Gasteiger partial charge in [-0.2, -0.15) is 0 Å². The van der Waals surface area contributed by atoms with E-state index in [-0.39, 0.29) is 30.4 Å². The van der Waals surface area contributed by atoms with Crippen molar-refractivity contribution < 1.29 is 32.9 Å². The summed E-state index contributed by atoms with van der Waals surface area (Å²) in [4.78, 5) is 12.7. The van der Waals surface area contributed by atoms with E-state index >= 15 is 0 Å².